The summed E-state index contributed by atoms with van der Waals surface area (Å²) in [4.78, 5) is 13.9. The van der Waals surface area contributed by atoms with E-state index in [-0.39, 0.29) is 17.9 Å². The van der Waals surface area contributed by atoms with Gasteiger partial charge in [0.1, 0.15) is 11.6 Å². The van der Waals surface area contributed by atoms with Crippen LogP contribution in [0.25, 0.3) is 0 Å². The molecule has 0 spiro atoms. The van der Waals surface area contributed by atoms with Crippen LogP contribution in [0.2, 0.25) is 0 Å². The highest BCUT2D eigenvalue weighted by molar-refractivity contribution is 7.80. The Morgan fingerprint density at radius 3 is 2.63 bits per heavy atom. The molecule has 1 aromatic carbocycles. The molecular formula is C13H16F2N2OS. The van der Waals surface area contributed by atoms with Crippen molar-refractivity contribution in [2.45, 2.75) is 19.8 Å². The van der Waals surface area contributed by atoms with E-state index in [1.165, 1.54) is 6.07 Å². The Bertz CT molecular complexity index is 480. The lowest BCUT2D eigenvalue weighted by Gasteiger charge is -2.20. The minimum atomic E-state index is -0.709. The van der Waals surface area contributed by atoms with Gasteiger partial charge in [0.25, 0.3) is 0 Å². The molecule has 19 heavy (non-hydrogen) atoms. The topological polar surface area (TPSA) is 46.3 Å². The Morgan fingerprint density at radius 1 is 1.42 bits per heavy atom. The van der Waals surface area contributed by atoms with Crippen LogP contribution in [0.15, 0.2) is 18.2 Å². The zero-order valence-electron chi connectivity index (χ0n) is 10.7. The van der Waals surface area contributed by atoms with Crippen LogP contribution in [-0.2, 0) is 11.2 Å². The third-order valence-electron chi connectivity index (χ3n) is 2.72. The second-order valence-corrected chi connectivity index (χ2v) is 4.63. The number of likely N-dealkylation sites (N-methyl/N-ethyl adjacent to an activating group) is 1. The summed E-state index contributed by atoms with van der Waals surface area (Å²) in [7, 11) is 0. The molecule has 0 aliphatic carbocycles. The minimum absolute atomic E-state index is 0.0999. The van der Waals surface area contributed by atoms with Crippen molar-refractivity contribution < 1.29 is 13.6 Å². The number of hydrogen-bond donors (Lipinski definition) is 1. The van der Waals surface area contributed by atoms with Crippen molar-refractivity contribution in [2.24, 2.45) is 5.73 Å². The maximum absolute atomic E-state index is 13.4. The maximum atomic E-state index is 13.4. The Kier molecular flexibility index (Phi) is 5.82. The molecule has 1 aromatic rings. The molecule has 6 heteroatoms. The molecule has 0 saturated carbocycles. The third kappa shape index (κ3) is 4.90. The first kappa shape index (κ1) is 15.5. The molecule has 0 saturated heterocycles. The van der Waals surface area contributed by atoms with Crippen molar-refractivity contribution in [3.8, 4) is 0 Å². The first-order valence-electron chi connectivity index (χ1n) is 5.94. The zero-order valence-corrected chi connectivity index (χ0v) is 11.5. The number of hydrogen-bond acceptors (Lipinski definition) is 2. The highest BCUT2D eigenvalue weighted by Crippen LogP contribution is 2.11. The summed E-state index contributed by atoms with van der Waals surface area (Å²) in [6.45, 7) is 2.72. The molecule has 0 bridgehead atoms. The molecule has 0 fully saturated rings. The maximum Gasteiger partial charge on any atom is 0.227 e. The molecule has 0 aliphatic rings. The van der Waals surface area contributed by atoms with Gasteiger partial charge in [0.2, 0.25) is 5.91 Å². The van der Waals surface area contributed by atoms with Gasteiger partial charge in [-0.1, -0.05) is 18.3 Å². The molecule has 0 unspecified atom stereocenters. The molecule has 0 aromatic heterocycles. The van der Waals surface area contributed by atoms with Gasteiger partial charge in [0.15, 0.2) is 0 Å². The highest BCUT2D eigenvalue weighted by atomic mass is 32.1. The van der Waals surface area contributed by atoms with E-state index in [1.807, 2.05) is 6.92 Å². The monoisotopic (exact) mass is 286 g/mol. The number of amides is 1. The van der Waals surface area contributed by atoms with Gasteiger partial charge in [0.05, 0.1) is 11.4 Å². The van der Waals surface area contributed by atoms with Crippen LogP contribution < -0.4 is 5.73 Å². The average molecular weight is 286 g/mol. The molecule has 1 amide bonds. The van der Waals surface area contributed by atoms with Gasteiger partial charge in [-0.05, 0) is 18.6 Å². The molecule has 0 heterocycles. The molecule has 3 nitrogen and oxygen atoms in total. The van der Waals surface area contributed by atoms with E-state index in [2.05, 4.69) is 0 Å². The summed E-state index contributed by atoms with van der Waals surface area (Å²) in [5.41, 5.74) is 5.56. The van der Waals surface area contributed by atoms with Crippen LogP contribution in [0.1, 0.15) is 18.9 Å². The van der Waals surface area contributed by atoms with E-state index in [0.29, 0.717) is 24.5 Å². The lowest BCUT2D eigenvalue weighted by atomic mass is 10.1. The number of carbonyl (C=O) groups excluding carboxylic acids is 1. The van der Waals surface area contributed by atoms with E-state index >= 15 is 0 Å². The van der Waals surface area contributed by atoms with Gasteiger partial charge < -0.3 is 10.6 Å². The van der Waals surface area contributed by atoms with E-state index < -0.39 is 11.6 Å². The van der Waals surface area contributed by atoms with Gasteiger partial charge in [-0.2, -0.15) is 0 Å². The number of thiocarbonyl (C=S) groups is 1. The SMILES string of the molecule is CCN(CCC(N)=S)C(=O)Cc1ccc(F)cc1F. The Hall–Kier alpha value is -1.56. The predicted octanol–water partition coefficient (Wildman–Crippen LogP) is 2.03. The zero-order chi connectivity index (χ0) is 14.4. The number of benzene rings is 1. The van der Waals surface area contributed by atoms with Crippen LogP contribution in [-0.4, -0.2) is 28.9 Å². The molecule has 0 atom stereocenters. The van der Waals surface area contributed by atoms with Crippen molar-refractivity contribution >= 4 is 23.1 Å². The molecule has 0 radical (unpaired) electrons. The fourth-order valence-corrected chi connectivity index (χ4v) is 1.74. The van der Waals surface area contributed by atoms with Gasteiger partial charge in [-0.25, -0.2) is 8.78 Å². The van der Waals surface area contributed by atoms with Crippen LogP contribution in [0, 0.1) is 11.6 Å². The van der Waals surface area contributed by atoms with E-state index in [9.17, 15) is 13.6 Å². The highest BCUT2D eigenvalue weighted by Gasteiger charge is 2.15. The largest absolute Gasteiger partial charge is 0.393 e. The molecular weight excluding hydrogens is 270 g/mol. The van der Waals surface area contributed by atoms with Crippen molar-refractivity contribution in [1.29, 1.82) is 0 Å². The quantitative estimate of drug-likeness (QED) is 0.814. The normalized spacial score (nSPS) is 10.3. The first-order chi connectivity index (χ1) is 8.93. The van der Waals surface area contributed by atoms with Crippen LogP contribution in [0.4, 0.5) is 8.78 Å². The third-order valence-corrected chi connectivity index (χ3v) is 2.92. The average Bonchev–Trinajstić information content (AvgIpc) is 2.33. The molecule has 2 N–H and O–H groups in total. The summed E-state index contributed by atoms with van der Waals surface area (Å²) in [6.07, 6.45) is 0.331. The lowest BCUT2D eigenvalue weighted by Crippen LogP contribution is -2.34. The molecule has 104 valence electrons. The summed E-state index contributed by atoms with van der Waals surface area (Å²) < 4.78 is 26.2. The van der Waals surface area contributed by atoms with Crippen molar-refractivity contribution in [3.63, 3.8) is 0 Å². The van der Waals surface area contributed by atoms with Gasteiger partial charge in [0, 0.05) is 25.6 Å². The predicted molar refractivity (Wildman–Crippen MR) is 73.7 cm³/mol. The first-order valence-corrected chi connectivity index (χ1v) is 6.34. The van der Waals surface area contributed by atoms with Gasteiger partial charge in [-0.3, -0.25) is 4.79 Å². The van der Waals surface area contributed by atoms with E-state index in [0.717, 1.165) is 12.1 Å². The number of nitrogens with zero attached hydrogens (tertiary/aromatic N) is 1. The smallest absolute Gasteiger partial charge is 0.227 e. The summed E-state index contributed by atoms with van der Waals surface area (Å²) >= 11 is 4.75. The minimum Gasteiger partial charge on any atom is -0.393 e. The van der Waals surface area contributed by atoms with Gasteiger partial charge in [-0.15, -0.1) is 0 Å². The van der Waals surface area contributed by atoms with E-state index in [1.54, 1.807) is 4.90 Å². The van der Waals surface area contributed by atoms with Crippen molar-refractivity contribution in [3.05, 3.63) is 35.4 Å². The van der Waals surface area contributed by atoms with Crippen LogP contribution in [0.5, 0.6) is 0 Å². The summed E-state index contributed by atoms with van der Waals surface area (Å²) in [6, 6.07) is 3.19. The second kappa shape index (κ2) is 7.13. The lowest BCUT2D eigenvalue weighted by molar-refractivity contribution is -0.130. The number of rotatable bonds is 6. The molecule has 0 aliphatic heterocycles. The Morgan fingerprint density at radius 2 is 2.11 bits per heavy atom. The van der Waals surface area contributed by atoms with Crippen molar-refractivity contribution in [2.75, 3.05) is 13.1 Å². The van der Waals surface area contributed by atoms with Crippen molar-refractivity contribution in [1.82, 2.24) is 4.90 Å². The fraction of sp³-hybridized carbons (Fsp3) is 0.385. The molecule has 1 rings (SSSR count). The fourth-order valence-electron chi connectivity index (χ4n) is 1.64. The van der Waals surface area contributed by atoms with Crippen LogP contribution >= 0.6 is 12.2 Å². The second-order valence-electron chi connectivity index (χ2n) is 4.10. The standard InChI is InChI=1S/C13H16F2N2OS/c1-2-17(6-5-12(16)19)13(18)7-9-3-4-10(14)8-11(9)15/h3-4,8H,2,5-7H2,1H3,(H2,16,19). The summed E-state index contributed by atoms with van der Waals surface area (Å²) in [5.74, 6) is -1.60. The number of carbonyl (C=O) groups is 1. The Balaban J connectivity index is 2.68. The van der Waals surface area contributed by atoms with Crippen LogP contribution in [0.3, 0.4) is 0 Å². The number of halogens is 2. The van der Waals surface area contributed by atoms with E-state index in [4.69, 9.17) is 18.0 Å². The number of nitrogens with two attached hydrogens (primary N) is 1. The Labute approximate surface area is 116 Å². The summed E-state index contributed by atoms with van der Waals surface area (Å²) in [5, 5.41) is 0. The van der Waals surface area contributed by atoms with Gasteiger partial charge >= 0.3 is 0 Å².